The molecule has 3 heterocycles. The predicted molar refractivity (Wildman–Crippen MR) is 88.2 cm³/mol. The van der Waals surface area contributed by atoms with E-state index in [0.717, 1.165) is 17.7 Å². The zero-order chi connectivity index (χ0) is 17.2. The van der Waals surface area contributed by atoms with Gasteiger partial charge in [0, 0.05) is 19.9 Å². The van der Waals surface area contributed by atoms with E-state index in [0.29, 0.717) is 44.6 Å². The molecule has 132 valence electrons. The first-order valence-corrected chi connectivity index (χ1v) is 8.61. The van der Waals surface area contributed by atoms with Crippen molar-refractivity contribution >= 4 is 5.91 Å². The fraction of sp³-hybridized carbons (Fsp3) is 0.500. The highest BCUT2D eigenvalue weighted by Gasteiger charge is 2.34. The van der Waals surface area contributed by atoms with Crippen LogP contribution in [0.3, 0.4) is 0 Å². The molecule has 0 aliphatic carbocycles. The second-order valence-corrected chi connectivity index (χ2v) is 6.41. The summed E-state index contributed by atoms with van der Waals surface area (Å²) in [6, 6.07) is 7.65. The van der Waals surface area contributed by atoms with E-state index in [9.17, 15) is 4.79 Å². The maximum Gasteiger partial charge on any atom is 0.241 e. The molecule has 0 saturated carbocycles. The number of amides is 1. The average molecular weight is 343 g/mol. The monoisotopic (exact) mass is 343 g/mol. The van der Waals surface area contributed by atoms with E-state index in [1.54, 1.807) is 6.92 Å². The van der Waals surface area contributed by atoms with Crippen LogP contribution in [0.25, 0.3) is 0 Å². The SMILES string of the molecule is Cc1nnc([C@@H]2COCCN2C(=O)C[C@H]2CCOc3ccccc32)o1. The molecule has 1 fully saturated rings. The van der Waals surface area contributed by atoms with Gasteiger partial charge in [0.25, 0.3) is 0 Å². The number of nitrogens with zero attached hydrogens (tertiary/aromatic N) is 3. The van der Waals surface area contributed by atoms with Crippen LogP contribution in [0.5, 0.6) is 5.75 Å². The zero-order valence-corrected chi connectivity index (χ0v) is 14.2. The summed E-state index contributed by atoms with van der Waals surface area (Å²) in [5.41, 5.74) is 1.11. The van der Waals surface area contributed by atoms with Crippen molar-refractivity contribution in [2.24, 2.45) is 0 Å². The van der Waals surface area contributed by atoms with Crippen LogP contribution >= 0.6 is 0 Å². The van der Waals surface area contributed by atoms with E-state index in [4.69, 9.17) is 13.9 Å². The van der Waals surface area contributed by atoms with Gasteiger partial charge in [0.2, 0.25) is 17.7 Å². The van der Waals surface area contributed by atoms with Crippen molar-refractivity contribution in [3.05, 3.63) is 41.6 Å². The Labute approximate surface area is 145 Å². The number of benzene rings is 1. The largest absolute Gasteiger partial charge is 0.493 e. The Hall–Kier alpha value is -2.41. The minimum Gasteiger partial charge on any atom is -0.493 e. The normalized spacial score (nSPS) is 23.0. The fourth-order valence-electron chi connectivity index (χ4n) is 3.51. The van der Waals surface area contributed by atoms with Crippen LogP contribution < -0.4 is 4.74 Å². The molecule has 1 aromatic heterocycles. The summed E-state index contributed by atoms with van der Waals surface area (Å²) in [6.45, 7) is 3.84. The number of hydrogen-bond donors (Lipinski definition) is 0. The van der Waals surface area contributed by atoms with Crippen LogP contribution in [0.2, 0.25) is 0 Å². The molecule has 1 aromatic carbocycles. The molecule has 1 amide bonds. The topological polar surface area (TPSA) is 77.7 Å². The number of ether oxygens (including phenoxy) is 2. The predicted octanol–water partition coefficient (Wildman–Crippen LogP) is 2.23. The minimum absolute atomic E-state index is 0.0888. The highest BCUT2D eigenvalue weighted by molar-refractivity contribution is 5.78. The molecule has 7 nitrogen and oxygen atoms in total. The van der Waals surface area contributed by atoms with Gasteiger partial charge < -0.3 is 18.8 Å². The number of fused-ring (bicyclic) bond motifs is 1. The molecule has 0 spiro atoms. The second-order valence-electron chi connectivity index (χ2n) is 6.41. The van der Waals surface area contributed by atoms with Crippen molar-refractivity contribution in [1.29, 1.82) is 0 Å². The standard InChI is InChI=1S/C18H21N3O4/c1-12-19-20-18(25-12)15-11-23-9-7-21(15)17(22)10-13-6-8-24-16-5-3-2-4-14(13)16/h2-5,13,15H,6-11H2,1H3/t13-,15+/m1/s1. The van der Waals surface area contributed by atoms with Gasteiger partial charge in [-0.05, 0) is 24.0 Å². The van der Waals surface area contributed by atoms with Crippen LogP contribution in [-0.2, 0) is 9.53 Å². The van der Waals surface area contributed by atoms with Crippen molar-refractivity contribution in [2.45, 2.75) is 31.7 Å². The van der Waals surface area contributed by atoms with Gasteiger partial charge in [-0.25, -0.2) is 0 Å². The van der Waals surface area contributed by atoms with Gasteiger partial charge >= 0.3 is 0 Å². The molecule has 7 heteroatoms. The smallest absolute Gasteiger partial charge is 0.241 e. The molecule has 2 atom stereocenters. The molecule has 2 aromatic rings. The molecular weight excluding hydrogens is 322 g/mol. The summed E-state index contributed by atoms with van der Waals surface area (Å²) in [5, 5.41) is 7.95. The quantitative estimate of drug-likeness (QED) is 0.850. The van der Waals surface area contributed by atoms with Crippen LogP contribution in [0.15, 0.2) is 28.7 Å². The number of hydrogen-bond acceptors (Lipinski definition) is 6. The Morgan fingerprint density at radius 1 is 1.28 bits per heavy atom. The number of rotatable bonds is 3. The molecule has 2 aliphatic rings. The van der Waals surface area contributed by atoms with Crippen LogP contribution in [-0.4, -0.2) is 47.4 Å². The molecular formula is C18H21N3O4. The molecule has 2 aliphatic heterocycles. The minimum atomic E-state index is -0.308. The highest BCUT2D eigenvalue weighted by Crippen LogP contribution is 2.36. The molecule has 0 radical (unpaired) electrons. The van der Waals surface area contributed by atoms with E-state index < -0.39 is 0 Å². The van der Waals surface area contributed by atoms with Gasteiger partial charge in [-0.3, -0.25) is 4.79 Å². The van der Waals surface area contributed by atoms with Crippen LogP contribution in [0, 0.1) is 6.92 Å². The van der Waals surface area contributed by atoms with E-state index in [2.05, 4.69) is 10.2 Å². The fourth-order valence-corrected chi connectivity index (χ4v) is 3.51. The van der Waals surface area contributed by atoms with E-state index in [-0.39, 0.29) is 17.9 Å². The highest BCUT2D eigenvalue weighted by atomic mass is 16.5. The average Bonchev–Trinajstić information content (AvgIpc) is 3.08. The van der Waals surface area contributed by atoms with E-state index >= 15 is 0 Å². The number of morpholine rings is 1. The Kier molecular flexibility index (Phi) is 4.40. The molecule has 25 heavy (non-hydrogen) atoms. The van der Waals surface area contributed by atoms with Crippen molar-refractivity contribution in [3.63, 3.8) is 0 Å². The second kappa shape index (κ2) is 6.84. The van der Waals surface area contributed by atoms with Crippen molar-refractivity contribution in [1.82, 2.24) is 15.1 Å². The van der Waals surface area contributed by atoms with E-state index in [1.807, 2.05) is 29.2 Å². The molecule has 0 N–H and O–H groups in total. The third-order valence-electron chi connectivity index (χ3n) is 4.78. The summed E-state index contributed by atoms with van der Waals surface area (Å²) in [5.74, 6) is 2.08. The first-order chi connectivity index (χ1) is 12.2. The van der Waals surface area contributed by atoms with Gasteiger partial charge in [-0.15, -0.1) is 10.2 Å². The number of para-hydroxylation sites is 1. The number of carbonyl (C=O) groups excluding carboxylic acids is 1. The number of aryl methyl sites for hydroxylation is 1. The molecule has 0 bridgehead atoms. The van der Waals surface area contributed by atoms with Crippen LogP contribution in [0.1, 0.15) is 42.1 Å². The van der Waals surface area contributed by atoms with Crippen LogP contribution in [0.4, 0.5) is 0 Å². The Bertz CT molecular complexity index is 760. The zero-order valence-electron chi connectivity index (χ0n) is 14.2. The Balaban J connectivity index is 1.52. The van der Waals surface area contributed by atoms with Crippen molar-refractivity contribution < 1.29 is 18.7 Å². The summed E-state index contributed by atoms with van der Waals surface area (Å²) < 4.78 is 16.8. The molecule has 1 saturated heterocycles. The lowest BCUT2D eigenvalue weighted by molar-refractivity contribution is -0.141. The maximum atomic E-state index is 13.0. The number of carbonyl (C=O) groups is 1. The summed E-state index contributed by atoms with van der Waals surface area (Å²) in [6.07, 6.45) is 1.29. The number of aromatic nitrogens is 2. The van der Waals surface area contributed by atoms with Gasteiger partial charge in [0.15, 0.2) is 0 Å². The van der Waals surface area contributed by atoms with Gasteiger partial charge in [0.05, 0.1) is 19.8 Å². The van der Waals surface area contributed by atoms with Crippen molar-refractivity contribution in [2.75, 3.05) is 26.4 Å². The maximum absolute atomic E-state index is 13.0. The Morgan fingerprint density at radius 2 is 2.16 bits per heavy atom. The van der Waals surface area contributed by atoms with Gasteiger partial charge in [0.1, 0.15) is 11.8 Å². The molecule has 0 unspecified atom stereocenters. The summed E-state index contributed by atoms with van der Waals surface area (Å²) >= 11 is 0. The first-order valence-electron chi connectivity index (χ1n) is 8.61. The summed E-state index contributed by atoms with van der Waals surface area (Å²) in [7, 11) is 0. The van der Waals surface area contributed by atoms with Crippen molar-refractivity contribution in [3.8, 4) is 5.75 Å². The third kappa shape index (κ3) is 3.24. The lowest BCUT2D eigenvalue weighted by atomic mass is 9.89. The van der Waals surface area contributed by atoms with Gasteiger partial charge in [-0.2, -0.15) is 0 Å². The third-order valence-corrected chi connectivity index (χ3v) is 4.78. The van der Waals surface area contributed by atoms with E-state index in [1.165, 1.54) is 0 Å². The lowest BCUT2D eigenvalue weighted by Crippen LogP contribution is -2.44. The molecule has 4 rings (SSSR count). The first kappa shape index (κ1) is 16.1. The lowest BCUT2D eigenvalue weighted by Gasteiger charge is -2.35. The van der Waals surface area contributed by atoms with Gasteiger partial charge in [-0.1, -0.05) is 18.2 Å². The summed E-state index contributed by atoms with van der Waals surface area (Å²) in [4.78, 5) is 14.8. The Morgan fingerprint density at radius 3 is 3.00 bits per heavy atom.